The number of hydrogen-bond donors (Lipinski definition) is 1. The Morgan fingerprint density at radius 1 is 1.07 bits per heavy atom. The number of fused-ring (bicyclic) bond motifs is 4. The largest absolute Gasteiger partial charge is 0.494 e. The maximum absolute atomic E-state index is 13.7. The van der Waals surface area contributed by atoms with Crippen molar-refractivity contribution in [1.29, 1.82) is 0 Å². The highest BCUT2D eigenvalue weighted by molar-refractivity contribution is 6.00. The lowest BCUT2D eigenvalue weighted by Gasteiger charge is -2.27. The molecule has 1 amide bonds. The van der Waals surface area contributed by atoms with Crippen molar-refractivity contribution >= 4 is 39.5 Å². The van der Waals surface area contributed by atoms with E-state index >= 15 is 0 Å². The van der Waals surface area contributed by atoms with Gasteiger partial charge in [0.05, 0.1) is 30.2 Å². The number of amides is 1. The molecule has 1 aromatic carbocycles. The van der Waals surface area contributed by atoms with E-state index in [9.17, 15) is 4.79 Å². The summed E-state index contributed by atoms with van der Waals surface area (Å²) < 4.78 is 10.3. The topological polar surface area (TPSA) is 90.1 Å². The monoisotopic (exact) mass is 575 g/mol. The van der Waals surface area contributed by atoms with Gasteiger partial charge in [0.2, 0.25) is 0 Å². The molecule has 220 valence electrons. The smallest absolute Gasteiger partial charge is 0.254 e. The highest BCUT2D eigenvalue weighted by atomic mass is 16.5. The highest BCUT2D eigenvalue weighted by Gasteiger charge is 2.46. The molecule has 1 N–H and O–H groups in total. The molecule has 2 unspecified atom stereocenters. The summed E-state index contributed by atoms with van der Waals surface area (Å²) in [7, 11) is 3.70. The number of piperidine rings is 1. The molecular weight excluding hydrogens is 538 g/mol. The van der Waals surface area contributed by atoms with Crippen LogP contribution in [0.1, 0.15) is 48.7 Å². The van der Waals surface area contributed by atoms with Crippen molar-refractivity contribution in [3.05, 3.63) is 59.9 Å². The number of ether oxygens (including phenoxy) is 1. The number of likely N-dealkylation sites (tertiary alicyclic amines) is 1. The van der Waals surface area contributed by atoms with Crippen LogP contribution in [0.4, 0.5) is 11.5 Å². The minimum Gasteiger partial charge on any atom is -0.494 e. The van der Waals surface area contributed by atoms with Gasteiger partial charge < -0.3 is 24.1 Å². The van der Waals surface area contributed by atoms with Gasteiger partial charge in [-0.1, -0.05) is 6.92 Å². The quantitative estimate of drug-likeness (QED) is 0.244. The Kier molecular flexibility index (Phi) is 6.00. The van der Waals surface area contributed by atoms with E-state index in [2.05, 4.69) is 43.4 Å². The van der Waals surface area contributed by atoms with Crippen LogP contribution >= 0.6 is 0 Å². The number of pyridine rings is 2. The number of anilines is 2. The fraction of sp³-hybridized carbons (Fsp3) is 0.412. The second-order valence-electron chi connectivity index (χ2n) is 12.8. The summed E-state index contributed by atoms with van der Waals surface area (Å²) in [5.41, 5.74) is 6.13. The molecular formula is C34H37N7O2. The van der Waals surface area contributed by atoms with Crippen molar-refractivity contribution in [3.63, 3.8) is 0 Å². The number of benzene rings is 1. The van der Waals surface area contributed by atoms with Gasteiger partial charge in [0, 0.05) is 42.8 Å². The molecule has 5 heterocycles. The number of nitrogens with one attached hydrogen (secondary N) is 1. The van der Waals surface area contributed by atoms with Crippen LogP contribution in [0.3, 0.4) is 0 Å². The van der Waals surface area contributed by atoms with Gasteiger partial charge in [-0.3, -0.25) is 9.78 Å². The summed E-state index contributed by atoms with van der Waals surface area (Å²) in [6.07, 6.45) is 6.61. The number of methoxy groups -OCH3 is 1. The molecule has 9 heteroatoms. The molecule has 1 aliphatic heterocycles. The van der Waals surface area contributed by atoms with Crippen LogP contribution in [0, 0.1) is 24.7 Å². The molecule has 9 nitrogen and oxygen atoms in total. The lowest BCUT2D eigenvalue weighted by molar-refractivity contribution is 0.0696. The van der Waals surface area contributed by atoms with Crippen molar-refractivity contribution in [3.8, 4) is 17.3 Å². The van der Waals surface area contributed by atoms with Crippen LogP contribution in [0.5, 0.6) is 5.75 Å². The number of aryl methyl sites for hydroxylation is 2. The SMILES string of the molecule is COc1cc(C(=O)N2CC3CCC2[C@@H]3C)cc2nc(-c3cc4ccc(Nc5ccc(C)nc5)nc4n3CC3CC3)n(C)c12. The maximum Gasteiger partial charge on any atom is 0.254 e. The van der Waals surface area contributed by atoms with Crippen molar-refractivity contribution in [2.24, 2.45) is 24.8 Å². The standard InChI is InChI=1S/C34H37N7O2/c1-19-5-10-25(16-35-19)36-30-12-9-22-14-28(40(32(22)38-30)17-21-6-7-21)33-37-26-13-24(15-29(43-4)31(26)39(33)3)34(42)41-18-23-8-11-27(41)20(23)2/h5,9-10,12-16,20-21,23,27H,6-8,11,17-18H2,1-4H3,(H,36,38)/t20-,23?,27?/m1/s1. The Hall–Kier alpha value is -4.40. The zero-order valence-electron chi connectivity index (χ0n) is 25.2. The molecule has 0 spiro atoms. The summed E-state index contributed by atoms with van der Waals surface area (Å²) in [5.74, 6) is 4.19. The van der Waals surface area contributed by atoms with Crippen molar-refractivity contribution in [2.75, 3.05) is 19.0 Å². The fourth-order valence-electron chi connectivity index (χ4n) is 7.34. The third-order valence-corrected chi connectivity index (χ3v) is 9.97. The van der Waals surface area contributed by atoms with E-state index in [4.69, 9.17) is 14.7 Å². The summed E-state index contributed by atoms with van der Waals surface area (Å²) in [4.78, 5) is 30.4. The van der Waals surface area contributed by atoms with Gasteiger partial charge in [-0.2, -0.15) is 0 Å². The van der Waals surface area contributed by atoms with Gasteiger partial charge in [-0.25, -0.2) is 9.97 Å². The lowest BCUT2D eigenvalue weighted by atomic mass is 10.0. The second-order valence-corrected chi connectivity index (χ2v) is 12.8. The minimum absolute atomic E-state index is 0.0855. The first kappa shape index (κ1) is 26.2. The van der Waals surface area contributed by atoms with Crippen LogP contribution in [0.15, 0.2) is 48.7 Å². The Bertz CT molecular complexity index is 1880. The molecule has 1 saturated heterocycles. The number of aromatic nitrogens is 5. The van der Waals surface area contributed by atoms with Crippen molar-refractivity contribution in [1.82, 2.24) is 29.0 Å². The predicted octanol–water partition coefficient (Wildman–Crippen LogP) is 6.33. The number of imidazole rings is 1. The zero-order valence-corrected chi connectivity index (χ0v) is 25.2. The van der Waals surface area contributed by atoms with Gasteiger partial charge in [0.15, 0.2) is 5.82 Å². The molecule has 3 fully saturated rings. The average molecular weight is 576 g/mol. The van der Waals surface area contributed by atoms with E-state index in [1.54, 1.807) is 7.11 Å². The predicted molar refractivity (Wildman–Crippen MR) is 168 cm³/mol. The van der Waals surface area contributed by atoms with Gasteiger partial charge >= 0.3 is 0 Å². The van der Waals surface area contributed by atoms with E-state index in [0.717, 1.165) is 70.3 Å². The summed E-state index contributed by atoms with van der Waals surface area (Å²) in [6, 6.07) is 14.5. The van der Waals surface area contributed by atoms with Crippen LogP contribution < -0.4 is 10.1 Å². The van der Waals surface area contributed by atoms with Crippen LogP contribution in [-0.2, 0) is 13.6 Å². The average Bonchev–Trinajstić information content (AvgIpc) is 3.42. The Balaban J connectivity index is 1.20. The molecule has 2 bridgehead atoms. The van der Waals surface area contributed by atoms with Crippen molar-refractivity contribution in [2.45, 2.75) is 52.1 Å². The zero-order chi connectivity index (χ0) is 29.4. The summed E-state index contributed by atoms with van der Waals surface area (Å²) >= 11 is 0. The van der Waals surface area contributed by atoms with Gasteiger partial charge in [0.25, 0.3) is 5.91 Å². The second kappa shape index (κ2) is 9.82. The Morgan fingerprint density at radius 2 is 1.93 bits per heavy atom. The third kappa shape index (κ3) is 4.36. The summed E-state index contributed by atoms with van der Waals surface area (Å²) in [5, 5.41) is 4.47. The molecule has 2 aliphatic carbocycles. The normalized spacial score (nSPS) is 21.3. The number of carbonyl (C=O) groups is 1. The first-order valence-electron chi connectivity index (χ1n) is 15.4. The fourth-order valence-corrected chi connectivity index (χ4v) is 7.34. The van der Waals surface area contributed by atoms with E-state index < -0.39 is 0 Å². The number of carbonyl (C=O) groups excluding carboxylic acids is 1. The number of rotatable bonds is 7. The number of hydrogen-bond acceptors (Lipinski definition) is 6. The first-order valence-corrected chi connectivity index (χ1v) is 15.4. The molecule has 43 heavy (non-hydrogen) atoms. The van der Waals surface area contributed by atoms with Crippen LogP contribution in [-0.4, -0.2) is 54.6 Å². The Morgan fingerprint density at radius 3 is 2.63 bits per heavy atom. The van der Waals surface area contributed by atoms with Gasteiger partial charge in [-0.05, 0) is 92.8 Å². The van der Waals surface area contributed by atoms with Gasteiger partial charge in [-0.15, -0.1) is 0 Å². The molecule has 4 aromatic heterocycles. The number of nitrogens with zero attached hydrogens (tertiary/aromatic N) is 6. The van der Waals surface area contributed by atoms with E-state index in [1.807, 2.05) is 50.5 Å². The van der Waals surface area contributed by atoms with E-state index in [-0.39, 0.29) is 5.91 Å². The van der Waals surface area contributed by atoms with Crippen molar-refractivity contribution < 1.29 is 9.53 Å². The lowest BCUT2D eigenvalue weighted by Crippen LogP contribution is -2.38. The molecule has 3 atom stereocenters. The van der Waals surface area contributed by atoms with Crippen LogP contribution in [0.2, 0.25) is 0 Å². The molecule has 2 saturated carbocycles. The third-order valence-electron chi connectivity index (χ3n) is 9.97. The minimum atomic E-state index is 0.0855. The molecule has 5 aromatic rings. The molecule has 8 rings (SSSR count). The van der Waals surface area contributed by atoms with Crippen LogP contribution in [0.25, 0.3) is 33.6 Å². The summed E-state index contributed by atoms with van der Waals surface area (Å²) in [6.45, 7) is 6.01. The maximum atomic E-state index is 13.7. The molecule has 0 radical (unpaired) electrons. The molecule has 3 aliphatic rings. The first-order chi connectivity index (χ1) is 20.9. The van der Waals surface area contributed by atoms with Gasteiger partial charge in [0.1, 0.15) is 22.7 Å². The van der Waals surface area contributed by atoms with E-state index in [0.29, 0.717) is 35.1 Å². The Labute approximate surface area is 250 Å². The van der Waals surface area contributed by atoms with E-state index in [1.165, 1.54) is 19.3 Å². The highest BCUT2D eigenvalue weighted by Crippen LogP contribution is 2.44.